The molecule has 0 radical (unpaired) electrons. The predicted octanol–water partition coefficient (Wildman–Crippen LogP) is 3.43. The first-order chi connectivity index (χ1) is 13.1. The summed E-state index contributed by atoms with van der Waals surface area (Å²) in [7, 11) is 1.01. The normalized spacial score (nSPS) is 12.4. The Kier molecular flexibility index (Phi) is 6.71. The Hall–Kier alpha value is -2.97. The minimum absolute atomic E-state index is 0.234. The number of methoxy groups -OCH3 is 1. The van der Waals surface area contributed by atoms with Crippen molar-refractivity contribution < 1.29 is 36.3 Å². The van der Waals surface area contributed by atoms with E-state index in [-0.39, 0.29) is 5.56 Å². The fourth-order valence-corrected chi connectivity index (χ4v) is 2.64. The van der Waals surface area contributed by atoms with Crippen molar-refractivity contribution in [1.82, 2.24) is 5.32 Å². The molecule has 9 heteroatoms. The fraction of sp³-hybridized carbons (Fsp3) is 0.263. The zero-order chi connectivity index (χ0) is 20.9. The van der Waals surface area contributed by atoms with Crippen LogP contribution in [-0.4, -0.2) is 25.0 Å². The van der Waals surface area contributed by atoms with Crippen LogP contribution in [-0.2, 0) is 33.3 Å². The molecule has 0 heterocycles. The Bertz CT molecular complexity index is 847. The summed E-state index contributed by atoms with van der Waals surface area (Å²) in [5.74, 6) is -3.83. The van der Waals surface area contributed by atoms with Gasteiger partial charge in [0.25, 0.3) is 0 Å². The second-order valence-electron chi connectivity index (χ2n) is 5.88. The topological polar surface area (TPSA) is 55.4 Å². The lowest BCUT2D eigenvalue weighted by atomic mass is 9.99. The maximum Gasteiger partial charge on any atom is 0.416 e. The quantitative estimate of drug-likeness (QED) is 0.596. The van der Waals surface area contributed by atoms with Crippen molar-refractivity contribution in [2.75, 3.05) is 7.11 Å². The number of amides is 1. The van der Waals surface area contributed by atoms with Crippen LogP contribution in [0.2, 0.25) is 0 Å². The number of benzene rings is 2. The highest BCUT2D eigenvalue weighted by molar-refractivity contribution is 5.86. The van der Waals surface area contributed by atoms with Gasteiger partial charge in [0.05, 0.1) is 19.1 Å². The van der Waals surface area contributed by atoms with Crippen molar-refractivity contribution in [1.29, 1.82) is 0 Å². The van der Waals surface area contributed by atoms with E-state index in [0.717, 1.165) is 31.4 Å². The van der Waals surface area contributed by atoms with Gasteiger partial charge in [0, 0.05) is 12.0 Å². The Morgan fingerprint density at radius 1 is 1.04 bits per heavy atom. The van der Waals surface area contributed by atoms with Gasteiger partial charge in [-0.3, -0.25) is 4.79 Å². The number of carbonyl (C=O) groups is 2. The van der Waals surface area contributed by atoms with Crippen molar-refractivity contribution in [2.45, 2.75) is 25.1 Å². The summed E-state index contributed by atoms with van der Waals surface area (Å²) in [6, 6.07) is 6.15. The van der Waals surface area contributed by atoms with Crippen LogP contribution < -0.4 is 5.32 Å². The summed E-state index contributed by atoms with van der Waals surface area (Å²) >= 11 is 0. The third-order valence-electron chi connectivity index (χ3n) is 3.97. The zero-order valence-corrected chi connectivity index (χ0v) is 14.6. The lowest BCUT2D eigenvalue weighted by Crippen LogP contribution is -2.44. The van der Waals surface area contributed by atoms with E-state index in [0.29, 0.717) is 0 Å². The van der Waals surface area contributed by atoms with Crippen LogP contribution in [0.1, 0.15) is 16.7 Å². The van der Waals surface area contributed by atoms with Gasteiger partial charge in [0.2, 0.25) is 5.91 Å². The summed E-state index contributed by atoms with van der Waals surface area (Å²) in [4.78, 5) is 24.1. The summed E-state index contributed by atoms with van der Waals surface area (Å²) < 4.78 is 71.3. The first kappa shape index (κ1) is 21.3. The van der Waals surface area contributed by atoms with Crippen molar-refractivity contribution in [3.63, 3.8) is 0 Å². The number of esters is 1. The molecule has 1 atom stereocenters. The number of hydrogen-bond acceptors (Lipinski definition) is 3. The molecule has 0 saturated heterocycles. The first-order valence-corrected chi connectivity index (χ1v) is 8.08. The van der Waals surface area contributed by atoms with Gasteiger partial charge in [0.15, 0.2) is 0 Å². The molecule has 0 aliphatic rings. The largest absolute Gasteiger partial charge is 0.467 e. The second-order valence-corrected chi connectivity index (χ2v) is 5.88. The number of nitrogens with one attached hydrogen (secondary N) is 1. The Morgan fingerprint density at radius 3 is 2.21 bits per heavy atom. The standard InChI is InChI=1S/C19H16F5NO3/c1-28-18(27)16(9-11-5-2-3-6-13(11)19(22,23)24)25-17(26)10-12-14(20)7-4-8-15(12)21/h2-8,16H,9-10H2,1H3,(H,25,26)/t16-/m0/s1. The van der Waals surface area contributed by atoms with Crippen molar-refractivity contribution >= 4 is 11.9 Å². The lowest BCUT2D eigenvalue weighted by Gasteiger charge is -2.19. The fourth-order valence-electron chi connectivity index (χ4n) is 2.64. The molecule has 1 N–H and O–H groups in total. The number of carbonyl (C=O) groups excluding carboxylic acids is 2. The summed E-state index contributed by atoms with van der Waals surface area (Å²) in [5.41, 5.74) is -1.71. The first-order valence-electron chi connectivity index (χ1n) is 8.08. The molecule has 2 aromatic carbocycles. The van der Waals surface area contributed by atoms with Crippen LogP contribution in [0.25, 0.3) is 0 Å². The third kappa shape index (κ3) is 5.28. The SMILES string of the molecule is COC(=O)[C@H](Cc1ccccc1C(F)(F)F)NC(=O)Cc1c(F)cccc1F. The van der Waals surface area contributed by atoms with Crippen LogP contribution in [0, 0.1) is 11.6 Å². The Labute approximate surface area is 157 Å². The Morgan fingerprint density at radius 2 is 1.64 bits per heavy atom. The molecule has 4 nitrogen and oxygen atoms in total. The van der Waals surface area contributed by atoms with Crippen LogP contribution in [0.3, 0.4) is 0 Å². The molecule has 0 fully saturated rings. The number of rotatable bonds is 6. The number of alkyl halides is 3. The lowest BCUT2D eigenvalue weighted by molar-refractivity contribution is -0.145. The van der Waals surface area contributed by atoms with E-state index in [2.05, 4.69) is 10.1 Å². The molecule has 2 rings (SSSR count). The molecule has 0 aliphatic heterocycles. The molecule has 28 heavy (non-hydrogen) atoms. The summed E-state index contributed by atoms with van der Waals surface area (Å²) in [5, 5.41) is 2.18. The molecule has 0 bridgehead atoms. The monoisotopic (exact) mass is 401 g/mol. The van der Waals surface area contributed by atoms with Crippen molar-refractivity contribution in [2.24, 2.45) is 0 Å². The molecular formula is C19H16F5NO3. The molecular weight excluding hydrogens is 385 g/mol. The zero-order valence-electron chi connectivity index (χ0n) is 14.6. The van der Waals surface area contributed by atoms with E-state index in [9.17, 15) is 31.5 Å². The van der Waals surface area contributed by atoms with E-state index >= 15 is 0 Å². The van der Waals surface area contributed by atoms with Crippen LogP contribution in [0.4, 0.5) is 22.0 Å². The van der Waals surface area contributed by atoms with Gasteiger partial charge in [-0.05, 0) is 23.8 Å². The van der Waals surface area contributed by atoms with E-state index in [4.69, 9.17) is 0 Å². The second kappa shape index (κ2) is 8.81. The molecule has 0 spiro atoms. The number of halogens is 5. The molecule has 0 aromatic heterocycles. The van der Waals surface area contributed by atoms with E-state index in [1.165, 1.54) is 18.2 Å². The molecule has 2 aromatic rings. The minimum atomic E-state index is -4.66. The van der Waals surface area contributed by atoms with Crippen molar-refractivity contribution in [3.05, 3.63) is 70.8 Å². The van der Waals surface area contributed by atoms with E-state index in [1.807, 2.05) is 0 Å². The maximum absolute atomic E-state index is 13.7. The van der Waals surface area contributed by atoms with Gasteiger partial charge in [0.1, 0.15) is 17.7 Å². The van der Waals surface area contributed by atoms with Gasteiger partial charge >= 0.3 is 12.1 Å². The smallest absolute Gasteiger partial charge is 0.416 e. The molecule has 0 aliphatic carbocycles. The number of hydrogen-bond donors (Lipinski definition) is 1. The number of ether oxygens (including phenoxy) is 1. The van der Waals surface area contributed by atoms with Crippen LogP contribution in [0.5, 0.6) is 0 Å². The molecule has 150 valence electrons. The van der Waals surface area contributed by atoms with Gasteiger partial charge in [-0.2, -0.15) is 13.2 Å². The van der Waals surface area contributed by atoms with Crippen LogP contribution >= 0.6 is 0 Å². The van der Waals surface area contributed by atoms with Gasteiger partial charge in [-0.25, -0.2) is 13.6 Å². The highest BCUT2D eigenvalue weighted by atomic mass is 19.4. The molecule has 0 unspecified atom stereocenters. The van der Waals surface area contributed by atoms with Crippen LogP contribution in [0.15, 0.2) is 42.5 Å². The van der Waals surface area contributed by atoms with Gasteiger partial charge < -0.3 is 10.1 Å². The third-order valence-corrected chi connectivity index (χ3v) is 3.97. The summed E-state index contributed by atoms with van der Waals surface area (Å²) in [6.45, 7) is 0. The average Bonchev–Trinajstić information content (AvgIpc) is 2.63. The highest BCUT2D eigenvalue weighted by Crippen LogP contribution is 2.32. The van der Waals surface area contributed by atoms with Gasteiger partial charge in [-0.1, -0.05) is 24.3 Å². The van der Waals surface area contributed by atoms with E-state index < -0.39 is 59.7 Å². The van der Waals surface area contributed by atoms with E-state index in [1.54, 1.807) is 0 Å². The molecule has 1 amide bonds. The van der Waals surface area contributed by atoms with Gasteiger partial charge in [-0.15, -0.1) is 0 Å². The Balaban J connectivity index is 2.22. The average molecular weight is 401 g/mol. The maximum atomic E-state index is 13.7. The predicted molar refractivity (Wildman–Crippen MR) is 89.2 cm³/mol. The highest BCUT2D eigenvalue weighted by Gasteiger charge is 2.34. The molecule has 0 saturated carbocycles. The summed E-state index contributed by atoms with van der Waals surface area (Å²) in [6.07, 6.45) is -5.89. The minimum Gasteiger partial charge on any atom is -0.467 e. The van der Waals surface area contributed by atoms with Crippen molar-refractivity contribution in [3.8, 4) is 0 Å².